The molecule has 1 atom stereocenters. The maximum Gasteiger partial charge on any atom is 0.345 e. The van der Waals surface area contributed by atoms with Crippen LogP contribution in [-0.4, -0.2) is 66.0 Å². The lowest BCUT2D eigenvalue weighted by atomic mass is 9.92. The number of aryl methyl sites for hydroxylation is 1. The molecule has 0 bridgehead atoms. The molecule has 1 aromatic rings. The number of piperidine rings is 1. The Bertz CT molecular complexity index is 849. The van der Waals surface area contributed by atoms with Crippen molar-refractivity contribution in [3.63, 3.8) is 0 Å². The van der Waals surface area contributed by atoms with Crippen LogP contribution in [-0.2, 0) is 0 Å². The summed E-state index contributed by atoms with van der Waals surface area (Å²) < 4.78 is 32.0. The average molecular weight is 469 g/mol. The van der Waals surface area contributed by atoms with E-state index >= 15 is 0 Å². The minimum absolute atomic E-state index is 0.123. The highest BCUT2D eigenvalue weighted by Gasteiger charge is 2.29. The highest BCUT2D eigenvalue weighted by Crippen LogP contribution is 2.23. The number of carbonyl (C=O) groups is 2. The Hall–Kier alpha value is -2.75. The normalized spacial score (nSPS) is 16.4. The number of benzene rings is 1. The van der Waals surface area contributed by atoms with Crippen LogP contribution >= 0.6 is 0 Å². The SMILES string of the molecule is Cc1cc(OCCCC2CCN(C(=O)/N=C(\N)C(C)(F)F)CC2)ccc1C(=O)NC(C)CO. The summed E-state index contributed by atoms with van der Waals surface area (Å²) in [6, 6.07) is 4.25. The molecule has 1 aliphatic heterocycles. The molecule has 2 rings (SSSR count). The minimum Gasteiger partial charge on any atom is -0.494 e. The summed E-state index contributed by atoms with van der Waals surface area (Å²) in [7, 11) is 0. The third-order valence-corrected chi connectivity index (χ3v) is 5.67. The summed E-state index contributed by atoms with van der Waals surface area (Å²) >= 11 is 0. The first kappa shape index (κ1) is 26.5. The molecule has 0 radical (unpaired) electrons. The van der Waals surface area contributed by atoms with Gasteiger partial charge in [-0.1, -0.05) is 0 Å². The Morgan fingerprint density at radius 1 is 1.36 bits per heavy atom. The fourth-order valence-electron chi connectivity index (χ4n) is 3.57. The smallest absolute Gasteiger partial charge is 0.345 e. The monoisotopic (exact) mass is 468 g/mol. The van der Waals surface area contributed by atoms with Crippen molar-refractivity contribution in [1.29, 1.82) is 0 Å². The Labute approximate surface area is 193 Å². The third kappa shape index (κ3) is 8.27. The Balaban J connectivity index is 1.72. The van der Waals surface area contributed by atoms with Gasteiger partial charge in [0, 0.05) is 31.6 Å². The van der Waals surface area contributed by atoms with Gasteiger partial charge in [0.25, 0.3) is 5.91 Å². The first-order valence-corrected chi connectivity index (χ1v) is 11.2. The predicted molar refractivity (Wildman–Crippen MR) is 122 cm³/mol. The molecule has 4 N–H and O–H groups in total. The lowest BCUT2D eigenvalue weighted by Crippen LogP contribution is -2.40. The van der Waals surface area contributed by atoms with Crippen LogP contribution in [0.3, 0.4) is 0 Å². The van der Waals surface area contributed by atoms with Gasteiger partial charge >= 0.3 is 12.0 Å². The van der Waals surface area contributed by atoms with Crippen LogP contribution in [0.5, 0.6) is 5.75 Å². The second-order valence-corrected chi connectivity index (χ2v) is 8.62. The standard InChI is InChI=1S/C23H34F2N4O4/c1-15-13-18(6-7-19(15)20(31)27-16(2)14-30)33-12-4-5-17-8-10-29(11-9-17)22(32)28-21(26)23(3,24)25/h6-7,13,16-17,30H,4-5,8-12,14H2,1-3H3,(H,27,31)(H2,26,28,32). The summed E-state index contributed by atoms with van der Waals surface area (Å²) in [5.74, 6) is -3.40. The number of amidine groups is 1. The number of aliphatic hydroxyl groups is 1. The van der Waals surface area contributed by atoms with E-state index in [-0.39, 0.29) is 18.6 Å². The van der Waals surface area contributed by atoms with Gasteiger partial charge in [0.2, 0.25) is 0 Å². The Morgan fingerprint density at radius 3 is 2.61 bits per heavy atom. The molecule has 1 unspecified atom stereocenters. The van der Waals surface area contributed by atoms with E-state index in [1.165, 1.54) is 4.90 Å². The van der Waals surface area contributed by atoms with Crippen LogP contribution in [0, 0.1) is 12.8 Å². The van der Waals surface area contributed by atoms with Crippen LogP contribution < -0.4 is 15.8 Å². The van der Waals surface area contributed by atoms with Crippen molar-refractivity contribution >= 4 is 17.8 Å². The van der Waals surface area contributed by atoms with Crippen molar-refractivity contribution in [3.8, 4) is 5.75 Å². The fourth-order valence-corrected chi connectivity index (χ4v) is 3.57. The second kappa shape index (κ2) is 11.9. The van der Waals surface area contributed by atoms with E-state index in [1.54, 1.807) is 19.1 Å². The molecule has 0 aromatic heterocycles. The summed E-state index contributed by atoms with van der Waals surface area (Å²) in [5.41, 5.74) is 6.51. The molecule has 33 heavy (non-hydrogen) atoms. The maximum atomic E-state index is 13.1. The van der Waals surface area contributed by atoms with Crippen LogP contribution in [0.25, 0.3) is 0 Å². The number of urea groups is 1. The number of hydrogen-bond donors (Lipinski definition) is 3. The van der Waals surface area contributed by atoms with E-state index in [1.807, 2.05) is 13.0 Å². The number of likely N-dealkylation sites (tertiary alicyclic amines) is 1. The van der Waals surface area contributed by atoms with Crippen molar-refractivity contribution < 1.29 is 28.2 Å². The topological polar surface area (TPSA) is 117 Å². The highest BCUT2D eigenvalue weighted by atomic mass is 19.3. The number of ether oxygens (including phenoxy) is 1. The van der Waals surface area contributed by atoms with Crippen molar-refractivity contribution in [2.24, 2.45) is 16.6 Å². The number of amides is 3. The third-order valence-electron chi connectivity index (χ3n) is 5.67. The molecular formula is C23H34F2N4O4. The Morgan fingerprint density at radius 2 is 2.03 bits per heavy atom. The maximum absolute atomic E-state index is 13.1. The van der Waals surface area contributed by atoms with Gasteiger partial charge in [-0.2, -0.15) is 13.8 Å². The molecule has 1 heterocycles. The quantitative estimate of drug-likeness (QED) is 0.292. The number of aliphatic hydroxyl groups excluding tert-OH is 1. The van der Waals surface area contributed by atoms with Crippen LogP contribution in [0.15, 0.2) is 23.2 Å². The summed E-state index contributed by atoms with van der Waals surface area (Å²) in [5, 5.41) is 11.8. The molecule has 1 aliphatic rings. The molecule has 1 saturated heterocycles. The van der Waals surface area contributed by atoms with Gasteiger partial charge in [-0.15, -0.1) is 0 Å². The van der Waals surface area contributed by atoms with Gasteiger partial charge in [-0.3, -0.25) is 4.79 Å². The summed E-state index contributed by atoms with van der Waals surface area (Å²) in [6.07, 6.45) is 3.32. The molecule has 1 fully saturated rings. The second-order valence-electron chi connectivity index (χ2n) is 8.62. The first-order chi connectivity index (χ1) is 15.5. The van der Waals surface area contributed by atoms with Gasteiger partial charge in [-0.25, -0.2) is 4.79 Å². The zero-order valence-corrected chi connectivity index (χ0v) is 19.4. The molecule has 0 saturated carbocycles. The molecule has 8 nitrogen and oxygen atoms in total. The Kier molecular flexibility index (Phi) is 9.57. The van der Waals surface area contributed by atoms with Gasteiger partial charge in [-0.05, 0) is 69.2 Å². The molecule has 10 heteroatoms. The number of carbonyl (C=O) groups excluding carboxylic acids is 2. The average Bonchev–Trinajstić information content (AvgIpc) is 2.76. The van der Waals surface area contributed by atoms with E-state index in [0.717, 1.165) is 31.2 Å². The van der Waals surface area contributed by atoms with Crippen molar-refractivity contribution in [2.75, 3.05) is 26.3 Å². The van der Waals surface area contributed by atoms with E-state index in [9.17, 15) is 18.4 Å². The van der Waals surface area contributed by atoms with Crippen molar-refractivity contribution in [2.45, 2.75) is 58.4 Å². The van der Waals surface area contributed by atoms with Gasteiger partial charge in [0.05, 0.1) is 13.2 Å². The zero-order valence-electron chi connectivity index (χ0n) is 19.4. The summed E-state index contributed by atoms with van der Waals surface area (Å²) in [4.78, 5) is 29.0. The van der Waals surface area contributed by atoms with Crippen molar-refractivity contribution in [1.82, 2.24) is 10.2 Å². The van der Waals surface area contributed by atoms with Gasteiger partial charge in [0.15, 0.2) is 5.84 Å². The lowest BCUT2D eigenvalue weighted by molar-refractivity contribution is 0.0921. The molecule has 0 spiro atoms. The zero-order chi connectivity index (χ0) is 24.6. The van der Waals surface area contributed by atoms with Crippen molar-refractivity contribution in [3.05, 3.63) is 29.3 Å². The number of nitrogens with two attached hydrogens (primary N) is 1. The summed E-state index contributed by atoms with van der Waals surface area (Å²) in [6.45, 7) is 5.50. The molecule has 184 valence electrons. The fraction of sp³-hybridized carbons (Fsp3) is 0.609. The number of aliphatic imine (C=N–C) groups is 1. The largest absolute Gasteiger partial charge is 0.494 e. The van der Waals surface area contributed by atoms with E-state index in [2.05, 4.69) is 10.3 Å². The van der Waals surface area contributed by atoms with Gasteiger partial charge in [0.1, 0.15) is 5.75 Å². The molecule has 0 aliphatic carbocycles. The first-order valence-electron chi connectivity index (χ1n) is 11.2. The number of halogens is 2. The number of nitrogens with one attached hydrogen (secondary N) is 1. The van der Waals surface area contributed by atoms with Crippen LogP contribution in [0.2, 0.25) is 0 Å². The van der Waals surface area contributed by atoms with E-state index < -0.39 is 17.8 Å². The van der Waals surface area contributed by atoms with E-state index in [0.29, 0.717) is 43.9 Å². The number of nitrogens with zero attached hydrogens (tertiary/aromatic N) is 2. The molecule has 3 amide bonds. The molecular weight excluding hydrogens is 434 g/mol. The van der Waals surface area contributed by atoms with E-state index in [4.69, 9.17) is 15.6 Å². The molecule has 1 aromatic carbocycles. The number of alkyl halides is 2. The van der Waals surface area contributed by atoms with Crippen LogP contribution in [0.1, 0.15) is 55.5 Å². The lowest BCUT2D eigenvalue weighted by Gasteiger charge is -2.30. The highest BCUT2D eigenvalue weighted by molar-refractivity contribution is 5.96. The minimum atomic E-state index is -3.31. The predicted octanol–water partition coefficient (Wildman–Crippen LogP) is 3.11. The number of rotatable bonds is 9. The van der Waals surface area contributed by atoms with Gasteiger partial charge < -0.3 is 25.8 Å². The number of hydrogen-bond acceptors (Lipinski definition) is 4. The van der Waals surface area contributed by atoms with Crippen LogP contribution in [0.4, 0.5) is 13.6 Å².